The molecule has 4 nitrogen and oxygen atoms in total. The lowest BCUT2D eigenvalue weighted by atomic mass is 10.0. The third-order valence-electron chi connectivity index (χ3n) is 4.39. The molecule has 3 rings (SSSR count). The van der Waals surface area contributed by atoms with Crippen LogP contribution in [0.3, 0.4) is 0 Å². The van der Waals surface area contributed by atoms with Gasteiger partial charge in [-0.25, -0.2) is 0 Å². The van der Waals surface area contributed by atoms with E-state index in [9.17, 15) is 9.59 Å². The molecule has 2 N–H and O–H groups in total. The third kappa shape index (κ3) is 4.82. The summed E-state index contributed by atoms with van der Waals surface area (Å²) in [5.74, 6) is -0.253. The van der Waals surface area contributed by atoms with Gasteiger partial charge in [-0.15, -0.1) is 0 Å². The van der Waals surface area contributed by atoms with E-state index in [1.54, 1.807) is 48.5 Å². The monoisotopic (exact) mass is 358 g/mol. The lowest BCUT2D eigenvalue weighted by Crippen LogP contribution is -2.28. The van der Waals surface area contributed by atoms with E-state index >= 15 is 0 Å². The molecule has 0 bridgehead atoms. The van der Waals surface area contributed by atoms with Crippen LogP contribution in [0.5, 0.6) is 0 Å². The Bertz CT molecular complexity index is 908. The highest BCUT2D eigenvalue weighted by atomic mass is 16.2. The zero-order valence-electron chi connectivity index (χ0n) is 15.2. The Morgan fingerprint density at radius 1 is 0.778 bits per heavy atom. The lowest BCUT2D eigenvalue weighted by molar-refractivity contribution is 0.0952. The number of para-hydroxylation sites is 1. The molecule has 0 saturated carbocycles. The topological polar surface area (TPSA) is 58.2 Å². The van der Waals surface area contributed by atoms with Gasteiger partial charge >= 0.3 is 0 Å². The van der Waals surface area contributed by atoms with Crippen LogP contribution in [0, 0.1) is 0 Å². The summed E-state index contributed by atoms with van der Waals surface area (Å²) in [7, 11) is 0. The fourth-order valence-electron chi connectivity index (χ4n) is 2.81. The number of rotatable bonds is 6. The third-order valence-corrected chi connectivity index (χ3v) is 4.39. The highest BCUT2D eigenvalue weighted by Gasteiger charge is 2.15. The van der Waals surface area contributed by atoms with Crippen LogP contribution >= 0.6 is 0 Å². The Balaban J connectivity index is 1.68. The van der Waals surface area contributed by atoms with Crippen molar-refractivity contribution >= 4 is 17.5 Å². The van der Waals surface area contributed by atoms with Crippen molar-refractivity contribution in [3.05, 3.63) is 102 Å². The molecule has 2 amide bonds. The second-order valence-electron chi connectivity index (χ2n) is 6.39. The maximum absolute atomic E-state index is 12.7. The van der Waals surface area contributed by atoms with Crippen LogP contribution < -0.4 is 10.6 Å². The van der Waals surface area contributed by atoms with Crippen molar-refractivity contribution in [2.45, 2.75) is 12.8 Å². The summed E-state index contributed by atoms with van der Waals surface area (Å²) in [4.78, 5) is 25.1. The minimum Gasteiger partial charge on any atom is -0.351 e. The first-order chi connectivity index (χ1) is 13.1. The number of amides is 2. The Morgan fingerprint density at radius 3 is 2.07 bits per heavy atom. The second-order valence-corrected chi connectivity index (χ2v) is 6.39. The van der Waals surface area contributed by atoms with E-state index in [1.165, 1.54) is 5.56 Å². The van der Waals surface area contributed by atoms with Crippen LogP contribution in [-0.2, 0) is 0 Å². The number of benzene rings is 3. The average Bonchev–Trinajstić information content (AvgIpc) is 2.73. The maximum Gasteiger partial charge on any atom is 0.255 e. The number of hydrogen-bond acceptors (Lipinski definition) is 2. The molecule has 0 aliphatic heterocycles. The summed E-state index contributed by atoms with van der Waals surface area (Å²) in [5, 5.41) is 5.79. The summed E-state index contributed by atoms with van der Waals surface area (Å²) in [6.07, 6.45) is 0. The molecule has 0 fully saturated rings. The predicted molar refractivity (Wildman–Crippen MR) is 108 cm³/mol. The van der Waals surface area contributed by atoms with Gasteiger partial charge in [0, 0.05) is 12.1 Å². The molecular formula is C23H22N2O2. The summed E-state index contributed by atoms with van der Waals surface area (Å²) in [6, 6.07) is 26.0. The number of hydrogen-bond donors (Lipinski definition) is 2. The quantitative estimate of drug-likeness (QED) is 0.683. The Labute approximate surface area is 159 Å². The summed E-state index contributed by atoms with van der Waals surface area (Å²) in [6.45, 7) is 2.59. The molecule has 0 saturated heterocycles. The summed E-state index contributed by atoms with van der Waals surface area (Å²) >= 11 is 0. The standard InChI is InChI=1S/C23H22N2O2/c1-17(18-10-4-2-5-11-18)16-24-23(27)20-14-8-9-15-21(20)25-22(26)19-12-6-3-7-13-19/h2-15,17H,16H2,1H3,(H,24,27)(H,25,26). The molecule has 1 atom stereocenters. The van der Waals surface area contributed by atoms with E-state index in [1.807, 2.05) is 36.4 Å². The molecule has 0 radical (unpaired) electrons. The highest BCUT2D eigenvalue weighted by molar-refractivity contribution is 6.08. The van der Waals surface area contributed by atoms with Gasteiger partial charge in [-0.3, -0.25) is 9.59 Å². The Hall–Kier alpha value is -3.40. The van der Waals surface area contributed by atoms with Gasteiger partial charge in [0.2, 0.25) is 0 Å². The van der Waals surface area contributed by atoms with Gasteiger partial charge in [-0.2, -0.15) is 0 Å². The largest absolute Gasteiger partial charge is 0.351 e. The molecule has 4 heteroatoms. The van der Waals surface area contributed by atoms with Crippen LogP contribution in [0.4, 0.5) is 5.69 Å². The van der Waals surface area contributed by atoms with Crippen LogP contribution in [0.25, 0.3) is 0 Å². The van der Waals surface area contributed by atoms with Crippen molar-refractivity contribution in [3.8, 4) is 0 Å². The fourth-order valence-corrected chi connectivity index (χ4v) is 2.81. The van der Waals surface area contributed by atoms with Gasteiger partial charge in [0.05, 0.1) is 11.3 Å². The minimum atomic E-state index is -0.242. The Morgan fingerprint density at radius 2 is 1.37 bits per heavy atom. The number of carbonyl (C=O) groups is 2. The first-order valence-electron chi connectivity index (χ1n) is 8.93. The molecule has 27 heavy (non-hydrogen) atoms. The van der Waals surface area contributed by atoms with Crippen molar-refractivity contribution in [1.82, 2.24) is 5.32 Å². The molecule has 0 aliphatic rings. The maximum atomic E-state index is 12.7. The van der Waals surface area contributed by atoms with Gasteiger partial charge in [-0.05, 0) is 35.7 Å². The molecular weight excluding hydrogens is 336 g/mol. The van der Waals surface area contributed by atoms with E-state index in [0.717, 1.165) is 0 Å². The molecule has 136 valence electrons. The van der Waals surface area contributed by atoms with Crippen molar-refractivity contribution in [3.63, 3.8) is 0 Å². The SMILES string of the molecule is CC(CNC(=O)c1ccccc1NC(=O)c1ccccc1)c1ccccc1. The van der Waals surface area contributed by atoms with Gasteiger partial charge in [0.15, 0.2) is 0 Å². The highest BCUT2D eigenvalue weighted by Crippen LogP contribution is 2.18. The Kier molecular flexibility index (Phi) is 6.00. The number of nitrogens with one attached hydrogen (secondary N) is 2. The number of anilines is 1. The van der Waals surface area contributed by atoms with Gasteiger partial charge in [-0.1, -0.05) is 67.6 Å². The summed E-state index contributed by atoms with van der Waals surface area (Å²) < 4.78 is 0. The van der Waals surface area contributed by atoms with Gasteiger partial charge in [0.1, 0.15) is 0 Å². The van der Waals surface area contributed by atoms with Crippen molar-refractivity contribution in [2.24, 2.45) is 0 Å². The first kappa shape index (κ1) is 18.4. The summed E-state index contributed by atoms with van der Waals surface area (Å²) in [5.41, 5.74) is 2.66. The van der Waals surface area contributed by atoms with E-state index in [-0.39, 0.29) is 17.7 Å². The van der Waals surface area contributed by atoms with Crippen molar-refractivity contribution < 1.29 is 9.59 Å². The van der Waals surface area contributed by atoms with Crippen LogP contribution in [-0.4, -0.2) is 18.4 Å². The molecule has 3 aromatic carbocycles. The fraction of sp³-hybridized carbons (Fsp3) is 0.130. The van der Waals surface area contributed by atoms with E-state index in [4.69, 9.17) is 0 Å². The van der Waals surface area contributed by atoms with Crippen molar-refractivity contribution in [1.29, 1.82) is 0 Å². The molecule has 3 aromatic rings. The van der Waals surface area contributed by atoms with Gasteiger partial charge < -0.3 is 10.6 Å². The van der Waals surface area contributed by atoms with Crippen molar-refractivity contribution in [2.75, 3.05) is 11.9 Å². The molecule has 0 spiro atoms. The molecule has 0 heterocycles. The van der Waals surface area contributed by atoms with E-state index in [0.29, 0.717) is 23.4 Å². The predicted octanol–water partition coefficient (Wildman–Crippen LogP) is 4.47. The van der Waals surface area contributed by atoms with Crippen LogP contribution in [0.2, 0.25) is 0 Å². The van der Waals surface area contributed by atoms with Gasteiger partial charge in [0.25, 0.3) is 11.8 Å². The average molecular weight is 358 g/mol. The molecule has 0 aliphatic carbocycles. The second kappa shape index (κ2) is 8.81. The molecule has 1 unspecified atom stereocenters. The zero-order valence-corrected chi connectivity index (χ0v) is 15.2. The smallest absolute Gasteiger partial charge is 0.255 e. The van der Waals surface area contributed by atoms with E-state index < -0.39 is 0 Å². The number of carbonyl (C=O) groups excluding carboxylic acids is 2. The lowest BCUT2D eigenvalue weighted by Gasteiger charge is -2.15. The van der Waals surface area contributed by atoms with Crippen LogP contribution in [0.1, 0.15) is 39.1 Å². The first-order valence-corrected chi connectivity index (χ1v) is 8.93. The minimum absolute atomic E-state index is 0.196. The normalized spacial score (nSPS) is 11.4. The zero-order chi connectivity index (χ0) is 19.1. The van der Waals surface area contributed by atoms with Crippen LogP contribution in [0.15, 0.2) is 84.9 Å². The van der Waals surface area contributed by atoms with E-state index in [2.05, 4.69) is 17.6 Å². The molecule has 0 aromatic heterocycles.